The van der Waals surface area contributed by atoms with Crippen LogP contribution in [0, 0.1) is 0 Å². The molecule has 0 aromatic rings. The van der Waals surface area contributed by atoms with Crippen LogP contribution in [-0.2, 0) is 4.79 Å². The van der Waals surface area contributed by atoms with Gasteiger partial charge < -0.3 is 4.90 Å². The van der Waals surface area contributed by atoms with Crippen molar-refractivity contribution in [3.05, 3.63) is 0 Å². The van der Waals surface area contributed by atoms with E-state index in [4.69, 9.17) is 0 Å². The summed E-state index contributed by atoms with van der Waals surface area (Å²) in [5, 5.41) is 0.941. The highest BCUT2D eigenvalue weighted by molar-refractivity contribution is 8.14. The lowest BCUT2D eigenvalue weighted by atomic mass is 10.3. The smallest absolute Gasteiger partial charge is 0.249 e. The predicted molar refractivity (Wildman–Crippen MR) is 41.1 cm³/mol. The molecule has 2 aliphatic heterocycles. The molecular weight excluding hydrogens is 148 g/mol. The van der Waals surface area contributed by atoms with Crippen LogP contribution in [0.25, 0.3) is 0 Å². The second-order valence-corrected chi connectivity index (χ2v) is 3.44. The van der Waals surface area contributed by atoms with Crippen molar-refractivity contribution in [1.29, 1.82) is 0 Å². The molecule has 2 rings (SSSR count). The Morgan fingerprint density at radius 2 is 2.40 bits per heavy atom. The molecule has 0 N–H and O–H groups in total. The molecule has 2 heterocycles. The monoisotopic (exact) mass is 156 g/mol. The van der Waals surface area contributed by atoms with E-state index in [1.54, 1.807) is 11.8 Å². The molecule has 1 saturated heterocycles. The normalized spacial score (nSPS) is 24.6. The fourth-order valence-electron chi connectivity index (χ4n) is 1.14. The van der Waals surface area contributed by atoms with Gasteiger partial charge in [-0.05, 0) is 0 Å². The summed E-state index contributed by atoms with van der Waals surface area (Å²) in [6.45, 7) is 1.95. The van der Waals surface area contributed by atoms with E-state index in [1.807, 2.05) is 0 Å². The van der Waals surface area contributed by atoms with Crippen LogP contribution >= 0.6 is 11.8 Å². The Kier molecular flexibility index (Phi) is 1.41. The lowest BCUT2D eigenvalue weighted by Gasteiger charge is -2.19. The van der Waals surface area contributed by atoms with Crippen LogP contribution in [0.3, 0.4) is 0 Å². The van der Waals surface area contributed by atoms with Crippen molar-refractivity contribution in [1.82, 2.24) is 4.90 Å². The minimum atomic E-state index is 0.0423. The summed E-state index contributed by atoms with van der Waals surface area (Å²) in [6.07, 6.45) is 0.601. The van der Waals surface area contributed by atoms with E-state index in [0.29, 0.717) is 6.42 Å². The Labute approximate surface area is 63.5 Å². The van der Waals surface area contributed by atoms with Crippen LogP contribution in [-0.4, -0.2) is 34.8 Å². The number of carbonyl (C=O) groups is 1. The predicted octanol–water partition coefficient (Wildman–Crippen LogP) is 0.322. The van der Waals surface area contributed by atoms with Crippen molar-refractivity contribution in [2.75, 3.05) is 18.8 Å². The standard InChI is InChI=1S/C6H8N2OS/c9-5-1-2-8-3-4-10-6(8)7-5/h1-4H2. The highest BCUT2D eigenvalue weighted by Gasteiger charge is 2.24. The molecule has 2 aliphatic rings. The second-order valence-electron chi connectivity index (χ2n) is 2.37. The number of amidine groups is 1. The summed E-state index contributed by atoms with van der Waals surface area (Å²) in [5.74, 6) is 1.13. The van der Waals surface area contributed by atoms with Gasteiger partial charge in [0.1, 0.15) is 0 Å². The molecule has 4 heteroatoms. The zero-order chi connectivity index (χ0) is 6.97. The highest BCUT2D eigenvalue weighted by Crippen LogP contribution is 2.20. The summed E-state index contributed by atoms with van der Waals surface area (Å²) in [6, 6.07) is 0. The topological polar surface area (TPSA) is 32.7 Å². The van der Waals surface area contributed by atoms with Crippen molar-refractivity contribution < 1.29 is 4.79 Å². The molecule has 0 aliphatic carbocycles. The number of rotatable bonds is 0. The summed E-state index contributed by atoms with van der Waals surface area (Å²) in [4.78, 5) is 16.9. The van der Waals surface area contributed by atoms with Crippen molar-refractivity contribution >= 4 is 22.8 Å². The third kappa shape index (κ3) is 0.923. The van der Waals surface area contributed by atoms with Crippen LogP contribution in [0.1, 0.15) is 6.42 Å². The maximum Gasteiger partial charge on any atom is 0.249 e. The first-order valence-electron chi connectivity index (χ1n) is 3.35. The van der Waals surface area contributed by atoms with Gasteiger partial charge in [-0.15, -0.1) is 0 Å². The minimum Gasteiger partial charge on any atom is -0.350 e. The second kappa shape index (κ2) is 2.27. The molecule has 0 atom stereocenters. The Morgan fingerprint density at radius 3 is 3.30 bits per heavy atom. The van der Waals surface area contributed by atoms with Gasteiger partial charge in [-0.25, -0.2) is 0 Å². The maximum absolute atomic E-state index is 10.8. The zero-order valence-corrected chi connectivity index (χ0v) is 6.36. The molecule has 54 valence electrons. The van der Waals surface area contributed by atoms with E-state index in [0.717, 1.165) is 24.0 Å². The SMILES string of the molecule is O=C1CCN2CCSC2=N1. The van der Waals surface area contributed by atoms with E-state index in [1.165, 1.54) is 0 Å². The average molecular weight is 156 g/mol. The molecule has 0 aromatic heterocycles. The molecular formula is C6H8N2OS. The van der Waals surface area contributed by atoms with E-state index < -0.39 is 0 Å². The molecule has 0 aromatic carbocycles. The van der Waals surface area contributed by atoms with Crippen LogP contribution in [0.2, 0.25) is 0 Å². The molecule has 3 nitrogen and oxygen atoms in total. The first-order valence-corrected chi connectivity index (χ1v) is 4.34. The average Bonchev–Trinajstić information content (AvgIpc) is 2.33. The molecule has 1 amide bonds. The van der Waals surface area contributed by atoms with Crippen LogP contribution in [0.15, 0.2) is 4.99 Å². The lowest BCUT2D eigenvalue weighted by molar-refractivity contribution is -0.118. The number of hydrogen-bond acceptors (Lipinski definition) is 3. The number of amides is 1. The van der Waals surface area contributed by atoms with Gasteiger partial charge in [-0.2, -0.15) is 4.99 Å². The van der Waals surface area contributed by atoms with E-state index >= 15 is 0 Å². The number of carbonyl (C=O) groups excluding carboxylic acids is 1. The zero-order valence-electron chi connectivity index (χ0n) is 5.54. The quantitative estimate of drug-likeness (QED) is 0.506. The Bertz CT molecular complexity index is 202. The van der Waals surface area contributed by atoms with E-state index in [2.05, 4.69) is 9.89 Å². The highest BCUT2D eigenvalue weighted by atomic mass is 32.2. The Hall–Kier alpha value is -0.510. The van der Waals surface area contributed by atoms with Crippen LogP contribution in [0.5, 0.6) is 0 Å². The van der Waals surface area contributed by atoms with Gasteiger partial charge in [0.25, 0.3) is 0 Å². The Morgan fingerprint density at radius 1 is 1.50 bits per heavy atom. The summed E-state index contributed by atoms with van der Waals surface area (Å²) in [7, 11) is 0. The van der Waals surface area contributed by atoms with Crippen molar-refractivity contribution in [3.8, 4) is 0 Å². The first kappa shape index (κ1) is 6.22. The first-order chi connectivity index (χ1) is 4.86. The molecule has 10 heavy (non-hydrogen) atoms. The fraction of sp³-hybridized carbons (Fsp3) is 0.667. The third-order valence-corrected chi connectivity index (χ3v) is 2.67. The number of nitrogens with zero attached hydrogens (tertiary/aromatic N) is 2. The minimum absolute atomic E-state index is 0.0423. The molecule has 0 radical (unpaired) electrons. The molecule has 0 unspecified atom stereocenters. The van der Waals surface area contributed by atoms with Crippen LogP contribution < -0.4 is 0 Å². The molecule has 0 saturated carbocycles. The van der Waals surface area contributed by atoms with Gasteiger partial charge in [-0.3, -0.25) is 4.79 Å². The fourth-order valence-corrected chi connectivity index (χ4v) is 2.16. The lowest BCUT2D eigenvalue weighted by Crippen LogP contribution is -2.31. The summed E-state index contributed by atoms with van der Waals surface area (Å²) in [5.41, 5.74) is 0. The molecule has 0 spiro atoms. The van der Waals surface area contributed by atoms with Gasteiger partial charge in [0.15, 0.2) is 5.17 Å². The molecule has 0 bridgehead atoms. The Balaban J connectivity index is 2.23. The number of thioether (sulfide) groups is 1. The summed E-state index contributed by atoms with van der Waals surface area (Å²) < 4.78 is 0. The number of fused-ring (bicyclic) bond motifs is 1. The van der Waals surface area contributed by atoms with Gasteiger partial charge in [0.2, 0.25) is 5.91 Å². The van der Waals surface area contributed by atoms with E-state index in [-0.39, 0.29) is 5.91 Å². The maximum atomic E-state index is 10.8. The number of aliphatic imine (C=N–C) groups is 1. The van der Waals surface area contributed by atoms with Gasteiger partial charge in [0, 0.05) is 25.3 Å². The number of hydrogen-bond donors (Lipinski definition) is 0. The summed E-state index contributed by atoms with van der Waals surface area (Å²) >= 11 is 1.69. The van der Waals surface area contributed by atoms with Gasteiger partial charge in [-0.1, -0.05) is 11.8 Å². The van der Waals surface area contributed by atoms with Gasteiger partial charge in [0.05, 0.1) is 0 Å². The van der Waals surface area contributed by atoms with E-state index in [9.17, 15) is 4.79 Å². The third-order valence-electron chi connectivity index (χ3n) is 1.68. The van der Waals surface area contributed by atoms with Crippen LogP contribution in [0.4, 0.5) is 0 Å². The molecule has 1 fully saturated rings. The van der Waals surface area contributed by atoms with Gasteiger partial charge >= 0.3 is 0 Å². The van der Waals surface area contributed by atoms with Crippen molar-refractivity contribution in [2.45, 2.75) is 6.42 Å². The largest absolute Gasteiger partial charge is 0.350 e. The van der Waals surface area contributed by atoms with Crippen molar-refractivity contribution in [2.24, 2.45) is 4.99 Å². The van der Waals surface area contributed by atoms with Crippen molar-refractivity contribution in [3.63, 3.8) is 0 Å².